The Hall–Kier alpha value is -1.26. The van der Waals surface area contributed by atoms with E-state index in [2.05, 4.69) is 17.4 Å². The predicted molar refractivity (Wildman–Crippen MR) is 55.2 cm³/mol. The Morgan fingerprint density at radius 2 is 2.14 bits per heavy atom. The Morgan fingerprint density at radius 3 is 2.71 bits per heavy atom. The summed E-state index contributed by atoms with van der Waals surface area (Å²) in [5.41, 5.74) is 5.18. The highest BCUT2D eigenvalue weighted by Gasteiger charge is 2.01. The van der Waals surface area contributed by atoms with E-state index < -0.39 is 0 Å². The van der Waals surface area contributed by atoms with Crippen molar-refractivity contribution >= 4 is 11.7 Å². The molecule has 0 rings (SSSR count). The first kappa shape index (κ1) is 12.7. The number of nitrogens with zero attached hydrogens (tertiary/aromatic N) is 1. The van der Waals surface area contributed by atoms with Gasteiger partial charge in [0.25, 0.3) is 0 Å². The molecule has 0 aliphatic rings. The summed E-state index contributed by atoms with van der Waals surface area (Å²) in [5.74, 6) is -0.0281. The Kier molecular flexibility index (Phi) is 7.59. The number of oxime groups is 1. The van der Waals surface area contributed by atoms with Crippen molar-refractivity contribution in [3.05, 3.63) is 0 Å². The van der Waals surface area contributed by atoms with Crippen LogP contribution in [0.5, 0.6) is 0 Å². The van der Waals surface area contributed by atoms with Gasteiger partial charge in [-0.3, -0.25) is 4.79 Å². The van der Waals surface area contributed by atoms with Crippen molar-refractivity contribution in [1.29, 1.82) is 0 Å². The van der Waals surface area contributed by atoms with Crippen LogP contribution in [0.4, 0.5) is 0 Å². The third kappa shape index (κ3) is 7.39. The minimum absolute atomic E-state index is 0.0203. The fraction of sp³-hybridized carbons (Fsp3) is 0.778. The van der Waals surface area contributed by atoms with Gasteiger partial charge in [0.2, 0.25) is 5.91 Å². The zero-order chi connectivity index (χ0) is 10.8. The normalized spacial score (nSPS) is 11.4. The number of nitrogens with two attached hydrogens (primary N) is 1. The molecule has 4 N–H and O–H groups in total. The van der Waals surface area contributed by atoms with Gasteiger partial charge in [-0.1, -0.05) is 31.3 Å². The van der Waals surface area contributed by atoms with Gasteiger partial charge in [-0.25, -0.2) is 0 Å². The van der Waals surface area contributed by atoms with E-state index in [9.17, 15) is 4.79 Å². The number of carbonyl (C=O) groups excluding carboxylic acids is 1. The van der Waals surface area contributed by atoms with Crippen molar-refractivity contribution in [1.82, 2.24) is 5.32 Å². The van der Waals surface area contributed by atoms with E-state index in [1.165, 1.54) is 0 Å². The summed E-state index contributed by atoms with van der Waals surface area (Å²) in [6, 6.07) is 0. The molecule has 0 aromatic rings. The fourth-order valence-electron chi connectivity index (χ4n) is 1.03. The van der Waals surface area contributed by atoms with E-state index in [1.54, 1.807) is 0 Å². The molecule has 0 aromatic carbocycles. The lowest BCUT2D eigenvalue weighted by Crippen LogP contribution is -2.33. The van der Waals surface area contributed by atoms with Crippen LogP contribution >= 0.6 is 0 Å². The summed E-state index contributed by atoms with van der Waals surface area (Å²) >= 11 is 0. The van der Waals surface area contributed by atoms with Crippen molar-refractivity contribution in [3.8, 4) is 0 Å². The van der Waals surface area contributed by atoms with Crippen molar-refractivity contribution in [2.24, 2.45) is 10.9 Å². The molecular weight excluding hydrogens is 182 g/mol. The van der Waals surface area contributed by atoms with E-state index in [1.807, 2.05) is 0 Å². The second kappa shape index (κ2) is 8.34. The van der Waals surface area contributed by atoms with Crippen LogP contribution in [0.25, 0.3) is 0 Å². The van der Waals surface area contributed by atoms with Crippen molar-refractivity contribution in [3.63, 3.8) is 0 Å². The van der Waals surface area contributed by atoms with Gasteiger partial charge in [-0.15, -0.1) is 0 Å². The predicted octanol–water partition coefficient (Wildman–Crippen LogP) is 0.819. The van der Waals surface area contributed by atoms with Crippen LogP contribution in [-0.4, -0.2) is 23.5 Å². The van der Waals surface area contributed by atoms with E-state index in [0.29, 0.717) is 6.42 Å². The van der Waals surface area contributed by atoms with Crippen LogP contribution in [0.3, 0.4) is 0 Å². The second-order valence-corrected chi connectivity index (χ2v) is 3.18. The lowest BCUT2D eigenvalue weighted by molar-refractivity contribution is -0.120. The van der Waals surface area contributed by atoms with Crippen LogP contribution in [0, 0.1) is 0 Å². The second-order valence-electron chi connectivity index (χ2n) is 3.18. The largest absolute Gasteiger partial charge is 0.409 e. The topological polar surface area (TPSA) is 87.7 Å². The molecule has 5 nitrogen and oxygen atoms in total. The van der Waals surface area contributed by atoms with Crippen molar-refractivity contribution < 1.29 is 10.0 Å². The van der Waals surface area contributed by atoms with E-state index in [4.69, 9.17) is 10.9 Å². The molecule has 0 heterocycles. The van der Waals surface area contributed by atoms with Crippen molar-refractivity contribution in [2.75, 3.05) is 6.54 Å². The van der Waals surface area contributed by atoms with Crippen LogP contribution in [0.1, 0.15) is 39.0 Å². The summed E-state index contributed by atoms with van der Waals surface area (Å²) < 4.78 is 0. The zero-order valence-corrected chi connectivity index (χ0v) is 8.62. The number of rotatable bonds is 7. The standard InChI is InChI=1S/C9H19N3O2/c1-2-3-4-5-6-9(13)11-7-8(10)12-14/h14H,2-7H2,1H3,(H2,10,12)(H,11,13). The van der Waals surface area contributed by atoms with Crippen LogP contribution in [0.15, 0.2) is 5.16 Å². The molecule has 0 bridgehead atoms. The van der Waals surface area contributed by atoms with Crippen LogP contribution in [0.2, 0.25) is 0 Å². The molecule has 0 aromatic heterocycles. The monoisotopic (exact) mass is 201 g/mol. The first-order valence-corrected chi connectivity index (χ1v) is 4.93. The average molecular weight is 201 g/mol. The van der Waals surface area contributed by atoms with Gasteiger partial charge in [0.15, 0.2) is 5.84 Å². The van der Waals surface area contributed by atoms with Gasteiger partial charge < -0.3 is 16.3 Å². The zero-order valence-electron chi connectivity index (χ0n) is 8.62. The smallest absolute Gasteiger partial charge is 0.220 e. The molecule has 14 heavy (non-hydrogen) atoms. The van der Waals surface area contributed by atoms with Gasteiger partial charge in [-0.05, 0) is 6.42 Å². The van der Waals surface area contributed by atoms with Gasteiger partial charge >= 0.3 is 0 Å². The number of carbonyl (C=O) groups is 1. The summed E-state index contributed by atoms with van der Waals surface area (Å²) in [6.07, 6.45) is 4.81. The number of nitrogens with one attached hydrogen (secondary N) is 1. The van der Waals surface area contributed by atoms with E-state index in [-0.39, 0.29) is 18.3 Å². The molecule has 0 spiro atoms. The molecule has 1 amide bonds. The lowest BCUT2D eigenvalue weighted by atomic mass is 10.1. The highest BCUT2D eigenvalue weighted by molar-refractivity contribution is 5.86. The molecule has 0 aliphatic heterocycles. The van der Waals surface area contributed by atoms with Gasteiger partial charge in [0.05, 0.1) is 6.54 Å². The SMILES string of the molecule is CCCCCCC(=O)NCC(N)=NO. The maximum absolute atomic E-state index is 11.1. The van der Waals surface area contributed by atoms with Gasteiger partial charge in [-0.2, -0.15) is 0 Å². The van der Waals surface area contributed by atoms with E-state index in [0.717, 1.165) is 25.7 Å². The molecule has 0 radical (unpaired) electrons. The van der Waals surface area contributed by atoms with Crippen LogP contribution < -0.4 is 11.1 Å². The maximum Gasteiger partial charge on any atom is 0.220 e. The Morgan fingerprint density at radius 1 is 1.43 bits per heavy atom. The fourth-order valence-corrected chi connectivity index (χ4v) is 1.03. The molecule has 0 saturated heterocycles. The molecule has 5 heteroatoms. The number of amides is 1. The summed E-state index contributed by atoms with van der Waals surface area (Å²) in [4.78, 5) is 11.1. The summed E-state index contributed by atoms with van der Waals surface area (Å²) in [5, 5.41) is 13.5. The average Bonchev–Trinajstić information content (AvgIpc) is 2.21. The minimum atomic E-state index is -0.0484. The molecule has 0 fully saturated rings. The summed E-state index contributed by atoms with van der Waals surface area (Å²) in [7, 11) is 0. The number of amidine groups is 1. The Bertz CT molecular complexity index is 192. The molecule has 0 aliphatic carbocycles. The van der Waals surface area contributed by atoms with Gasteiger partial charge in [0, 0.05) is 6.42 Å². The molecular formula is C9H19N3O2. The quantitative estimate of drug-likeness (QED) is 0.187. The highest BCUT2D eigenvalue weighted by Crippen LogP contribution is 2.01. The number of unbranched alkanes of at least 4 members (excludes halogenated alkanes) is 3. The Balaban J connectivity index is 3.37. The molecule has 0 atom stereocenters. The third-order valence-corrected chi connectivity index (χ3v) is 1.85. The highest BCUT2D eigenvalue weighted by atomic mass is 16.4. The Labute approximate surface area is 84.4 Å². The minimum Gasteiger partial charge on any atom is -0.409 e. The van der Waals surface area contributed by atoms with Crippen molar-refractivity contribution in [2.45, 2.75) is 39.0 Å². The van der Waals surface area contributed by atoms with E-state index >= 15 is 0 Å². The van der Waals surface area contributed by atoms with Crippen LogP contribution in [-0.2, 0) is 4.79 Å². The first-order valence-electron chi connectivity index (χ1n) is 4.93. The number of hydrogen-bond donors (Lipinski definition) is 3. The summed E-state index contributed by atoms with van der Waals surface area (Å²) in [6.45, 7) is 2.24. The number of hydrogen-bond acceptors (Lipinski definition) is 3. The lowest BCUT2D eigenvalue weighted by Gasteiger charge is -2.03. The van der Waals surface area contributed by atoms with Gasteiger partial charge in [0.1, 0.15) is 0 Å². The molecule has 82 valence electrons. The maximum atomic E-state index is 11.1. The third-order valence-electron chi connectivity index (χ3n) is 1.85. The molecule has 0 unspecified atom stereocenters. The molecule has 0 saturated carbocycles. The first-order chi connectivity index (χ1) is 6.70.